The number of nitrogens with one attached hydrogen (secondary N) is 1. The molecule has 2 aliphatic carbocycles. The number of aliphatic carboxylic acids is 1. The summed E-state index contributed by atoms with van der Waals surface area (Å²) in [5, 5.41) is 12.3. The number of hydrogen-bond donors (Lipinski definition) is 2. The highest BCUT2D eigenvalue weighted by Gasteiger charge is 2.50. The van der Waals surface area contributed by atoms with Crippen LogP contribution in [0.3, 0.4) is 0 Å². The number of carboxylic acids is 1. The molecule has 1 amide bonds. The van der Waals surface area contributed by atoms with Gasteiger partial charge in [0.2, 0.25) is 5.91 Å². The zero-order valence-electron chi connectivity index (χ0n) is 13.2. The fraction of sp³-hybridized carbons (Fsp3) is 0.875. The van der Waals surface area contributed by atoms with Gasteiger partial charge in [-0.3, -0.25) is 9.59 Å². The molecule has 120 valence electrons. The Morgan fingerprint density at radius 1 is 1.24 bits per heavy atom. The first-order chi connectivity index (χ1) is 9.87. The molecule has 0 aliphatic heterocycles. The minimum Gasteiger partial charge on any atom is -0.481 e. The Labute approximate surface area is 126 Å². The van der Waals surface area contributed by atoms with Crippen molar-refractivity contribution in [2.24, 2.45) is 17.3 Å². The molecule has 2 rings (SSSR count). The molecule has 2 fully saturated rings. The minimum absolute atomic E-state index is 0.0814. The second kappa shape index (κ2) is 6.34. The monoisotopic (exact) mass is 297 g/mol. The summed E-state index contributed by atoms with van der Waals surface area (Å²) in [5.41, 5.74) is -0.0843. The Bertz CT molecular complexity index is 407. The normalized spacial score (nSPS) is 34.8. The lowest BCUT2D eigenvalue weighted by molar-refractivity contribution is -0.152. The third-order valence-electron chi connectivity index (χ3n) is 5.28. The third kappa shape index (κ3) is 3.23. The summed E-state index contributed by atoms with van der Waals surface area (Å²) in [6.45, 7) is 6.84. The second-order valence-electron chi connectivity index (χ2n) is 6.90. The van der Waals surface area contributed by atoms with Crippen LogP contribution in [0.4, 0.5) is 0 Å². The van der Waals surface area contributed by atoms with Crippen molar-refractivity contribution in [1.29, 1.82) is 0 Å². The number of rotatable bonds is 5. The van der Waals surface area contributed by atoms with Crippen LogP contribution < -0.4 is 5.32 Å². The zero-order valence-corrected chi connectivity index (χ0v) is 13.2. The number of ether oxygens (including phenoxy) is 1. The Morgan fingerprint density at radius 3 is 2.38 bits per heavy atom. The van der Waals surface area contributed by atoms with Crippen molar-refractivity contribution in [2.75, 3.05) is 6.61 Å². The van der Waals surface area contributed by atoms with E-state index < -0.39 is 11.9 Å². The van der Waals surface area contributed by atoms with Crippen LogP contribution >= 0.6 is 0 Å². The van der Waals surface area contributed by atoms with Crippen molar-refractivity contribution in [3.63, 3.8) is 0 Å². The summed E-state index contributed by atoms with van der Waals surface area (Å²) in [6.07, 6.45) is 4.14. The molecule has 0 radical (unpaired) electrons. The van der Waals surface area contributed by atoms with Crippen molar-refractivity contribution in [2.45, 2.75) is 65.0 Å². The number of carbonyl (C=O) groups is 2. The number of carboxylic acid groups (broad SMARTS) is 1. The largest absolute Gasteiger partial charge is 0.481 e. The Balaban J connectivity index is 1.94. The maximum absolute atomic E-state index is 12.5. The van der Waals surface area contributed by atoms with Gasteiger partial charge >= 0.3 is 5.97 Å². The average molecular weight is 297 g/mol. The standard InChI is InChI=1S/C16H27NO4/c1-4-21-13-9-12(16(13,2)3)17-14(18)10-7-5-6-8-11(10)15(19)20/h10-13H,4-9H2,1-3H3,(H,17,18)(H,19,20). The Hall–Kier alpha value is -1.10. The molecule has 5 heteroatoms. The molecule has 21 heavy (non-hydrogen) atoms. The molecule has 0 spiro atoms. The summed E-state index contributed by atoms with van der Waals surface area (Å²) in [4.78, 5) is 23.8. The van der Waals surface area contributed by atoms with Crippen LogP contribution in [0.25, 0.3) is 0 Å². The van der Waals surface area contributed by atoms with Crippen LogP contribution in [0.15, 0.2) is 0 Å². The molecule has 2 saturated carbocycles. The summed E-state index contributed by atoms with van der Waals surface area (Å²) in [6, 6.07) is 0.0814. The fourth-order valence-corrected chi connectivity index (χ4v) is 3.63. The molecule has 0 bridgehead atoms. The van der Waals surface area contributed by atoms with Crippen molar-refractivity contribution in [3.8, 4) is 0 Å². The lowest BCUT2D eigenvalue weighted by Crippen LogP contribution is -2.63. The van der Waals surface area contributed by atoms with Crippen molar-refractivity contribution < 1.29 is 19.4 Å². The first-order valence-electron chi connectivity index (χ1n) is 8.02. The van der Waals surface area contributed by atoms with E-state index in [1.807, 2.05) is 6.92 Å². The SMILES string of the molecule is CCOC1CC(NC(=O)C2CCCCC2C(=O)O)C1(C)C. The van der Waals surface area contributed by atoms with Crippen molar-refractivity contribution in [3.05, 3.63) is 0 Å². The predicted octanol–water partition coefficient (Wildman–Crippen LogP) is 2.20. The van der Waals surface area contributed by atoms with Crippen LogP contribution in [0.5, 0.6) is 0 Å². The van der Waals surface area contributed by atoms with E-state index in [4.69, 9.17) is 4.74 Å². The first kappa shape index (κ1) is 16.3. The summed E-state index contributed by atoms with van der Waals surface area (Å²) in [7, 11) is 0. The van der Waals surface area contributed by atoms with Gasteiger partial charge in [0.05, 0.1) is 17.9 Å². The maximum atomic E-state index is 12.5. The van der Waals surface area contributed by atoms with Gasteiger partial charge in [-0.1, -0.05) is 26.7 Å². The lowest BCUT2D eigenvalue weighted by Gasteiger charge is -2.52. The summed E-state index contributed by atoms with van der Waals surface area (Å²) in [5.74, 6) is -1.83. The molecular formula is C16H27NO4. The van der Waals surface area contributed by atoms with Crippen molar-refractivity contribution >= 4 is 11.9 Å². The van der Waals surface area contributed by atoms with Gasteiger partial charge < -0.3 is 15.2 Å². The van der Waals surface area contributed by atoms with Gasteiger partial charge in [0.15, 0.2) is 0 Å². The Kier molecular flexibility index (Phi) is 4.91. The average Bonchev–Trinajstić information content (AvgIpc) is 2.46. The number of hydrogen-bond acceptors (Lipinski definition) is 3. The fourth-order valence-electron chi connectivity index (χ4n) is 3.63. The maximum Gasteiger partial charge on any atom is 0.307 e. The molecule has 0 aromatic heterocycles. The van der Waals surface area contributed by atoms with Crippen molar-refractivity contribution in [1.82, 2.24) is 5.32 Å². The van der Waals surface area contributed by atoms with E-state index in [1.54, 1.807) is 0 Å². The molecule has 2 aliphatic rings. The van der Waals surface area contributed by atoms with E-state index in [9.17, 15) is 14.7 Å². The van der Waals surface area contributed by atoms with Crippen LogP contribution in [-0.2, 0) is 14.3 Å². The van der Waals surface area contributed by atoms with Gasteiger partial charge in [-0.05, 0) is 26.2 Å². The number of carbonyl (C=O) groups excluding carboxylic acids is 1. The molecular weight excluding hydrogens is 270 g/mol. The number of amides is 1. The van der Waals surface area contributed by atoms with Gasteiger partial charge in [-0.2, -0.15) is 0 Å². The van der Waals surface area contributed by atoms with Crippen LogP contribution in [0, 0.1) is 17.3 Å². The van der Waals surface area contributed by atoms with E-state index >= 15 is 0 Å². The van der Waals surface area contributed by atoms with E-state index in [2.05, 4.69) is 19.2 Å². The molecule has 0 aromatic rings. The highest BCUT2D eigenvalue weighted by molar-refractivity contribution is 5.85. The van der Waals surface area contributed by atoms with Gasteiger partial charge in [0, 0.05) is 18.1 Å². The topological polar surface area (TPSA) is 75.6 Å². The molecule has 0 heterocycles. The molecule has 5 nitrogen and oxygen atoms in total. The Morgan fingerprint density at radius 2 is 1.86 bits per heavy atom. The zero-order chi connectivity index (χ0) is 15.6. The first-order valence-corrected chi connectivity index (χ1v) is 8.02. The molecule has 4 atom stereocenters. The summed E-state index contributed by atoms with van der Waals surface area (Å²) >= 11 is 0. The smallest absolute Gasteiger partial charge is 0.307 e. The van der Waals surface area contributed by atoms with E-state index in [0.717, 1.165) is 19.3 Å². The second-order valence-corrected chi connectivity index (χ2v) is 6.90. The highest BCUT2D eigenvalue weighted by Crippen LogP contribution is 2.43. The van der Waals surface area contributed by atoms with E-state index in [0.29, 0.717) is 19.4 Å². The molecule has 2 N–H and O–H groups in total. The molecule has 4 unspecified atom stereocenters. The quantitative estimate of drug-likeness (QED) is 0.815. The van der Waals surface area contributed by atoms with Crippen LogP contribution in [-0.4, -0.2) is 35.7 Å². The minimum atomic E-state index is -0.838. The van der Waals surface area contributed by atoms with E-state index in [1.165, 1.54) is 0 Å². The molecule has 0 saturated heterocycles. The van der Waals surface area contributed by atoms with Crippen LogP contribution in [0.1, 0.15) is 52.9 Å². The van der Waals surface area contributed by atoms with Gasteiger partial charge in [0.1, 0.15) is 0 Å². The van der Waals surface area contributed by atoms with Gasteiger partial charge in [0.25, 0.3) is 0 Å². The van der Waals surface area contributed by atoms with Crippen LogP contribution in [0.2, 0.25) is 0 Å². The lowest BCUT2D eigenvalue weighted by atomic mass is 9.64. The summed E-state index contributed by atoms with van der Waals surface area (Å²) < 4.78 is 5.66. The van der Waals surface area contributed by atoms with E-state index in [-0.39, 0.29) is 29.4 Å². The third-order valence-corrected chi connectivity index (χ3v) is 5.28. The van der Waals surface area contributed by atoms with Gasteiger partial charge in [-0.15, -0.1) is 0 Å². The molecule has 0 aromatic carbocycles. The predicted molar refractivity (Wildman–Crippen MR) is 78.8 cm³/mol. The van der Waals surface area contributed by atoms with Gasteiger partial charge in [-0.25, -0.2) is 0 Å². The highest BCUT2D eigenvalue weighted by atomic mass is 16.5.